The van der Waals surface area contributed by atoms with Crippen molar-refractivity contribution in [2.24, 2.45) is 0 Å². The fraction of sp³-hybridized carbons (Fsp3) is 0.667. The number of hydrogen-bond donors (Lipinski definition) is 0. The Labute approximate surface area is 269 Å². The lowest BCUT2D eigenvalue weighted by Gasteiger charge is -2.25. The van der Waals surface area contributed by atoms with Gasteiger partial charge in [-0.1, -0.05) is 115 Å². The van der Waals surface area contributed by atoms with E-state index >= 15 is 0 Å². The largest absolute Gasteiger partial charge is 0.496 e. The van der Waals surface area contributed by atoms with Gasteiger partial charge in [-0.2, -0.15) is 0 Å². The Balaban J connectivity index is 1.69. The van der Waals surface area contributed by atoms with Crippen LogP contribution in [-0.4, -0.2) is 43.8 Å². The van der Waals surface area contributed by atoms with E-state index in [0.29, 0.717) is 6.61 Å². The molecule has 1 fully saturated rings. The molecule has 2 aromatic rings. The summed E-state index contributed by atoms with van der Waals surface area (Å²) in [4.78, 5) is 15.7. The molecule has 5 heteroatoms. The minimum Gasteiger partial charge on any atom is -0.496 e. The van der Waals surface area contributed by atoms with E-state index in [4.69, 9.17) is 14.2 Å². The van der Waals surface area contributed by atoms with Crippen LogP contribution in [0.1, 0.15) is 143 Å². The summed E-state index contributed by atoms with van der Waals surface area (Å²) < 4.78 is 17.0. The second kappa shape index (κ2) is 18.4. The maximum Gasteiger partial charge on any atom is 0.325 e. The first-order chi connectivity index (χ1) is 21.3. The zero-order chi connectivity index (χ0) is 32.1. The molecule has 0 bridgehead atoms. The molecule has 2 aromatic carbocycles. The van der Waals surface area contributed by atoms with E-state index in [1.165, 1.54) is 88.2 Å². The highest BCUT2D eigenvalue weighted by atomic mass is 16.5. The molecule has 5 nitrogen and oxygen atoms in total. The van der Waals surface area contributed by atoms with Gasteiger partial charge in [0.15, 0.2) is 0 Å². The zero-order valence-corrected chi connectivity index (χ0v) is 29.2. The van der Waals surface area contributed by atoms with E-state index in [2.05, 4.69) is 63.8 Å². The molecule has 0 radical (unpaired) electrons. The van der Waals surface area contributed by atoms with Gasteiger partial charge in [0.2, 0.25) is 0 Å². The van der Waals surface area contributed by atoms with Gasteiger partial charge in [-0.25, -0.2) is 0 Å². The number of esters is 1. The van der Waals surface area contributed by atoms with Crippen molar-refractivity contribution in [3.05, 3.63) is 57.6 Å². The average molecular weight is 608 g/mol. The average Bonchev–Trinajstić information content (AvgIpc) is 3.68. The molecule has 0 spiro atoms. The molecule has 3 rings (SSSR count). The zero-order valence-electron chi connectivity index (χ0n) is 29.2. The van der Waals surface area contributed by atoms with Crippen LogP contribution >= 0.6 is 0 Å². The van der Waals surface area contributed by atoms with Crippen molar-refractivity contribution >= 4 is 5.97 Å². The highest BCUT2D eigenvalue weighted by Gasteiger charge is 2.56. The minimum atomic E-state index is -0.220. The van der Waals surface area contributed by atoms with Gasteiger partial charge in [0.05, 0.1) is 26.9 Å². The van der Waals surface area contributed by atoms with Gasteiger partial charge in [0.1, 0.15) is 17.5 Å². The number of nitrogens with zero attached hydrogens (tertiary/aromatic N) is 1. The summed E-state index contributed by atoms with van der Waals surface area (Å²) in [6, 6.07) is 8.83. The van der Waals surface area contributed by atoms with Crippen molar-refractivity contribution in [2.75, 3.05) is 20.8 Å². The molecule has 0 amide bonds. The predicted molar refractivity (Wildman–Crippen MR) is 183 cm³/mol. The van der Waals surface area contributed by atoms with Crippen molar-refractivity contribution in [1.29, 1.82) is 0 Å². The minimum absolute atomic E-state index is 0.0528. The first-order valence-corrected chi connectivity index (χ1v) is 17.5. The van der Waals surface area contributed by atoms with Crippen LogP contribution in [0.3, 0.4) is 0 Å². The van der Waals surface area contributed by atoms with Crippen LogP contribution < -0.4 is 9.47 Å². The third-order valence-corrected chi connectivity index (χ3v) is 9.41. The van der Waals surface area contributed by atoms with Gasteiger partial charge in [-0.15, -0.1) is 0 Å². The Kier molecular flexibility index (Phi) is 15.1. The topological polar surface area (TPSA) is 47.8 Å². The monoisotopic (exact) mass is 607 g/mol. The van der Waals surface area contributed by atoms with E-state index in [9.17, 15) is 4.79 Å². The van der Waals surface area contributed by atoms with Crippen molar-refractivity contribution < 1.29 is 19.0 Å². The van der Waals surface area contributed by atoms with Gasteiger partial charge < -0.3 is 14.2 Å². The molecule has 0 aliphatic carbocycles. The van der Waals surface area contributed by atoms with Crippen molar-refractivity contribution in [3.8, 4) is 11.5 Å². The molecule has 0 aromatic heterocycles. The first kappa shape index (κ1) is 35.9. The summed E-state index contributed by atoms with van der Waals surface area (Å²) >= 11 is 0. The Morgan fingerprint density at radius 1 is 0.659 bits per heavy atom. The maximum absolute atomic E-state index is 13.3. The first-order valence-electron chi connectivity index (χ1n) is 17.5. The van der Waals surface area contributed by atoms with E-state index in [1.807, 2.05) is 6.92 Å². The number of benzene rings is 2. The SMILES string of the molecule is CCCCCCCCCCCCCCC[C@H]1[C@@H](C(=O)OCC)N1C(c1cc(C)c(OC)c(C)c1)c1cc(C)c(OC)c(C)c1. The fourth-order valence-corrected chi connectivity index (χ4v) is 7.30. The molecule has 1 saturated heterocycles. The fourth-order valence-electron chi connectivity index (χ4n) is 7.30. The normalized spacial score (nSPS) is 17.6. The van der Waals surface area contributed by atoms with Gasteiger partial charge in [-0.05, 0) is 74.4 Å². The van der Waals surface area contributed by atoms with E-state index in [-0.39, 0.29) is 24.1 Å². The third-order valence-electron chi connectivity index (χ3n) is 9.41. The quantitative estimate of drug-likeness (QED) is 0.0803. The van der Waals surface area contributed by atoms with Crippen LogP contribution in [-0.2, 0) is 9.53 Å². The van der Waals surface area contributed by atoms with Crippen LogP contribution in [0.2, 0.25) is 0 Å². The van der Waals surface area contributed by atoms with Gasteiger partial charge >= 0.3 is 5.97 Å². The number of ether oxygens (including phenoxy) is 3. The third kappa shape index (κ3) is 9.73. The summed E-state index contributed by atoms with van der Waals surface area (Å²) in [6.45, 7) is 13.0. The van der Waals surface area contributed by atoms with Crippen LogP contribution in [0.5, 0.6) is 11.5 Å². The number of carbonyl (C=O) groups is 1. The number of hydrogen-bond acceptors (Lipinski definition) is 5. The van der Waals surface area contributed by atoms with E-state index < -0.39 is 0 Å². The molecule has 1 aliphatic rings. The number of methoxy groups -OCH3 is 2. The van der Waals surface area contributed by atoms with Crippen molar-refractivity contribution in [1.82, 2.24) is 4.90 Å². The molecule has 1 unspecified atom stereocenters. The van der Waals surface area contributed by atoms with Gasteiger partial charge in [-0.3, -0.25) is 9.69 Å². The summed E-state index contributed by atoms with van der Waals surface area (Å²) in [5.41, 5.74) is 6.81. The summed E-state index contributed by atoms with van der Waals surface area (Å²) in [5, 5.41) is 0. The lowest BCUT2D eigenvalue weighted by Crippen LogP contribution is -2.21. The summed E-state index contributed by atoms with van der Waals surface area (Å²) in [6.07, 6.45) is 18.4. The van der Waals surface area contributed by atoms with Crippen LogP contribution in [0, 0.1) is 27.7 Å². The Morgan fingerprint density at radius 3 is 1.41 bits per heavy atom. The smallest absolute Gasteiger partial charge is 0.325 e. The summed E-state index contributed by atoms with van der Waals surface area (Å²) in [5.74, 6) is 1.75. The van der Waals surface area contributed by atoms with Crippen LogP contribution in [0.15, 0.2) is 24.3 Å². The van der Waals surface area contributed by atoms with Gasteiger partial charge in [0.25, 0.3) is 0 Å². The van der Waals surface area contributed by atoms with E-state index in [0.717, 1.165) is 46.6 Å². The molecule has 44 heavy (non-hydrogen) atoms. The number of carbonyl (C=O) groups excluding carboxylic acids is 1. The molecule has 0 N–H and O–H groups in total. The Hall–Kier alpha value is -2.53. The lowest BCUT2D eigenvalue weighted by molar-refractivity contribution is -0.143. The molecule has 246 valence electrons. The number of unbranched alkanes of at least 4 members (excludes halogenated alkanes) is 12. The molecule has 1 heterocycles. The molecule has 3 atom stereocenters. The molecular weight excluding hydrogens is 546 g/mol. The second-order valence-electron chi connectivity index (χ2n) is 13.0. The Morgan fingerprint density at radius 2 is 1.05 bits per heavy atom. The van der Waals surface area contributed by atoms with E-state index in [1.54, 1.807) is 14.2 Å². The van der Waals surface area contributed by atoms with Gasteiger partial charge in [0, 0.05) is 6.04 Å². The number of aryl methyl sites for hydroxylation is 4. The van der Waals surface area contributed by atoms with Crippen LogP contribution in [0.4, 0.5) is 0 Å². The predicted octanol–water partition coefficient (Wildman–Crippen LogP) is 10.1. The van der Waals surface area contributed by atoms with Crippen molar-refractivity contribution in [3.63, 3.8) is 0 Å². The highest BCUT2D eigenvalue weighted by molar-refractivity contribution is 5.80. The van der Waals surface area contributed by atoms with Crippen LogP contribution in [0.25, 0.3) is 0 Å². The molecular formula is C39H61NO4. The second-order valence-corrected chi connectivity index (χ2v) is 13.0. The standard InChI is InChI=1S/C39H61NO4/c1-9-11-12-13-14-15-16-17-18-19-20-21-22-23-34-36(39(41)44-10-2)40(34)35(32-24-28(3)37(42-7)29(4)25-32)33-26-30(5)38(43-8)31(6)27-33/h24-27,34-36H,9-23H2,1-8H3/t34-,36-,40?/m0/s1. The summed E-state index contributed by atoms with van der Waals surface area (Å²) in [7, 11) is 3.46. The lowest BCUT2D eigenvalue weighted by atomic mass is 9.92. The van der Waals surface area contributed by atoms with Crippen molar-refractivity contribution in [2.45, 2.75) is 150 Å². The Bertz CT molecular complexity index is 1070. The maximum atomic E-state index is 13.3. The molecule has 1 aliphatic heterocycles. The number of rotatable bonds is 21. The highest BCUT2D eigenvalue weighted by Crippen LogP contribution is 2.47. The molecule has 0 saturated carbocycles.